The number of hydrogen-bond acceptors (Lipinski definition) is 5. The van der Waals surface area contributed by atoms with Crippen molar-refractivity contribution in [2.45, 2.75) is 51.6 Å². The second kappa shape index (κ2) is 12.4. The summed E-state index contributed by atoms with van der Waals surface area (Å²) in [4.78, 5) is 27.3. The van der Waals surface area contributed by atoms with Crippen LogP contribution in [0.15, 0.2) is 54.6 Å². The Labute approximate surface area is 197 Å². The molecule has 0 aromatic heterocycles. The third-order valence-electron chi connectivity index (χ3n) is 6.64. The lowest BCUT2D eigenvalue weighted by atomic mass is 9.78. The molecule has 0 aliphatic carbocycles. The Balaban J connectivity index is 1.56. The van der Waals surface area contributed by atoms with Crippen LogP contribution in [0.5, 0.6) is 5.75 Å². The third kappa shape index (κ3) is 6.81. The van der Waals surface area contributed by atoms with Crippen LogP contribution in [0.3, 0.4) is 0 Å². The molecule has 2 unspecified atom stereocenters. The number of piperidine rings is 1. The predicted molar refractivity (Wildman–Crippen MR) is 129 cm³/mol. The van der Waals surface area contributed by atoms with E-state index in [0.29, 0.717) is 25.5 Å². The van der Waals surface area contributed by atoms with Gasteiger partial charge in [0.25, 0.3) is 0 Å². The zero-order valence-electron chi connectivity index (χ0n) is 20.0. The normalized spacial score (nSPS) is 16.6. The number of ether oxygens (including phenoxy) is 2. The molecule has 6 heteroatoms. The first-order chi connectivity index (χ1) is 16.0. The monoisotopic (exact) mass is 452 g/mol. The van der Waals surface area contributed by atoms with Crippen molar-refractivity contribution < 1.29 is 19.1 Å². The fourth-order valence-electron chi connectivity index (χ4n) is 4.71. The molecule has 2 aromatic rings. The number of nitrogens with one attached hydrogen (secondary N) is 1. The number of methoxy groups -OCH3 is 1. The lowest BCUT2D eigenvalue weighted by Crippen LogP contribution is -2.48. The van der Waals surface area contributed by atoms with Crippen LogP contribution in [0.1, 0.15) is 50.2 Å². The average molecular weight is 453 g/mol. The van der Waals surface area contributed by atoms with Crippen molar-refractivity contribution in [3.8, 4) is 5.75 Å². The van der Waals surface area contributed by atoms with E-state index in [1.54, 1.807) is 7.11 Å². The molecule has 178 valence electrons. The van der Waals surface area contributed by atoms with Crippen molar-refractivity contribution in [1.82, 2.24) is 10.2 Å². The number of esters is 1. The van der Waals surface area contributed by atoms with E-state index in [4.69, 9.17) is 9.47 Å². The summed E-state index contributed by atoms with van der Waals surface area (Å²) >= 11 is 0. The van der Waals surface area contributed by atoms with Crippen molar-refractivity contribution in [2.24, 2.45) is 5.92 Å². The first kappa shape index (κ1) is 24.8. The second-order valence-corrected chi connectivity index (χ2v) is 8.61. The summed E-state index contributed by atoms with van der Waals surface area (Å²) in [6.07, 6.45) is 2.30. The van der Waals surface area contributed by atoms with Gasteiger partial charge >= 0.3 is 5.97 Å². The van der Waals surface area contributed by atoms with Gasteiger partial charge in [0.05, 0.1) is 26.2 Å². The Hall–Kier alpha value is -2.86. The molecule has 33 heavy (non-hydrogen) atoms. The summed E-state index contributed by atoms with van der Waals surface area (Å²) in [5.41, 5.74) is 2.15. The van der Waals surface area contributed by atoms with Crippen molar-refractivity contribution in [1.29, 1.82) is 0 Å². The largest absolute Gasteiger partial charge is 0.496 e. The predicted octanol–water partition coefficient (Wildman–Crippen LogP) is 4.15. The molecule has 3 rings (SSSR count). The number of amides is 1. The molecule has 1 heterocycles. The minimum atomic E-state index is -0.208. The van der Waals surface area contributed by atoms with E-state index in [2.05, 4.69) is 22.3 Å². The van der Waals surface area contributed by atoms with Gasteiger partial charge in [-0.3, -0.25) is 14.5 Å². The van der Waals surface area contributed by atoms with Crippen molar-refractivity contribution in [3.63, 3.8) is 0 Å². The van der Waals surface area contributed by atoms with Crippen LogP contribution in [0, 0.1) is 5.92 Å². The number of carbonyl (C=O) groups is 2. The van der Waals surface area contributed by atoms with E-state index < -0.39 is 0 Å². The molecule has 0 spiro atoms. The zero-order chi connectivity index (χ0) is 23.6. The van der Waals surface area contributed by atoms with E-state index in [1.165, 1.54) is 5.56 Å². The van der Waals surface area contributed by atoms with Crippen LogP contribution in [0.25, 0.3) is 0 Å². The molecule has 0 bridgehead atoms. The van der Waals surface area contributed by atoms with E-state index in [1.807, 2.05) is 56.3 Å². The molecular formula is C27H36N2O4. The molecule has 0 saturated carbocycles. The topological polar surface area (TPSA) is 67.9 Å². The van der Waals surface area contributed by atoms with Crippen LogP contribution in [0.4, 0.5) is 0 Å². The minimum Gasteiger partial charge on any atom is -0.496 e. The maximum absolute atomic E-state index is 12.8. The van der Waals surface area contributed by atoms with Gasteiger partial charge in [-0.15, -0.1) is 0 Å². The van der Waals surface area contributed by atoms with Gasteiger partial charge in [-0.2, -0.15) is 0 Å². The molecule has 1 amide bonds. The van der Waals surface area contributed by atoms with E-state index >= 15 is 0 Å². The SMILES string of the molecule is CCOC(=O)CC(c1ccccc1)C1CCN(C(C)C(=O)NCc2ccccc2OC)CC1. The molecule has 6 nitrogen and oxygen atoms in total. The van der Waals surface area contributed by atoms with E-state index in [9.17, 15) is 9.59 Å². The number of carbonyl (C=O) groups excluding carboxylic acids is 2. The Morgan fingerprint density at radius 1 is 1.06 bits per heavy atom. The van der Waals surface area contributed by atoms with E-state index in [-0.39, 0.29) is 23.8 Å². The van der Waals surface area contributed by atoms with Gasteiger partial charge in [-0.1, -0.05) is 48.5 Å². The summed E-state index contributed by atoms with van der Waals surface area (Å²) in [5, 5.41) is 3.05. The molecule has 1 saturated heterocycles. The summed E-state index contributed by atoms with van der Waals surface area (Å²) in [6, 6.07) is 17.8. The van der Waals surface area contributed by atoms with Crippen LogP contribution >= 0.6 is 0 Å². The van der Waals surface area contributed by atoms with Crippen LogP contribution in [0.2, 0.25) is 0 Å². The number of nitrogens with zero attached hydrogens (tertiary/aromatic N) is 1. The minimum absolute atomic E-state index is 0.0190. The molecule has 1 aliphatic heterocycles. The van der Waals surface area contributed by atoms with Crippen LogP contribution in [-0.4, -0.2) is 49.6 Å². The summed E-state index contributed by atoms with van der Waals surface area (Å²) in [6.45, 7) is 6.32. The van der Waals surface area contributed by atoms with Crippen molar-refractivity contribution in [3.05, 3.63) is 65.7 Å². The second-order valence-electron chi connectivity index (χ2n) is 8.61. The summed E-state index contributed by atoms with van der Waals surface area (Å²) in [7, 11) is 1.64. The zero-order valence-corrected chi connectivity index (χ0v) is 20.0. The molecule has 0 radical (unpaired) electrons. The highest BCUT2D eigenvalue weighted by molar-refractivity contribution is 5.81. The van der Waals surface area contributed by atoms with Crippen LogP contribution < -0.4 is 10.1 Å². The molecule has 2 atom stereocenters. The highest BCUT2D eigenvalue weighted by Gasteiger charge is 2.32. The Kier molecular flexibility index (Phi) is 9.31. The third-order valence-corrected chi connectivity index (χ3v) is 6.64. The first-order valence-electron chi connectivity index (χ1n) is 11.9. The number of benzene rings is 2. The average Bonchev–Trinajstić information content (AvgIpc) is 2.86. The van der Waals surface area contributed by atoms with Gasteiger partial charge in [-0.05, 0) is 63.2 Å². The number of likely N-dealkylation sites (tertiary alicyclic amines) is 1. The fraction of sp³-hybridized carbons (Fsp3) is 0.481. The molecular weight excluding hydrogens is 416 g/mol. The Morgan fingerprint density at radius 2 is 1.73 bits per heavy atom. The highest BCUT2D eigenvalue weighted by Crippen LogP contribution is 2.36. The fourth-order valence-corrected chi connectivity index (χ4v) is 4.71. The molecule has 1 N–H and O–H groups in total. The van der Waals surface area contributed by atoms with Gasteiger partial charge in [0.2, 0.25) is 5.91 Å². The number of rotatable bonds is 10. The van der Waals surface area contributed by atoms with Gasteiger partial charge in [0.1, 0.15) is 5.75 Å². The maximum atomic E-state index is 12.8. The van der Waals surface area contributed by atoms with Gasteiger partial charge in [0, 0.05) is 12.1 Å². The number of hydrogen-bond donors (Lipinski definition) is 1. The Bertz CT molecular complexity index is 894. The van der Waals surface area contributed by atoms with Gasteiger partial charge in [-0.25, -0.2) is 0 Å². The van der Waals surface area contributed by atoms with Crippen molar-refractivity contribution in [2.75, 3.05) is 26.8 Å². The van der Waals surface area contributed by atoms with Crippen molar-refractivity contribution >= 4 is 11.9 Å². The lowest BCUT2D eigenvalue weighted by Gasteiger charge is -2.38. The number of para-hydroxylation sites is 1. The molecule has 2 aromatic carbocycles. The highest BCUT2D eigenvalue weighted by atomic mass is 16.5. The molecule has 1 aliphatic rings. The first-order valence-corrected chi connectivity index (χ1v) is 11.9. The summed E-state index contributed by atoms with van der Waals surface area (Å²) in [5.74, 6) is 1.18. The summed E-state index contributed by atoms with van der Waals surface area (Å²) < 4.78 is 10.6. The molecule has 1 fully saturated rings. The van der Waals surface area contributed by atoms with E-state index in [0.717, 1.165) is 37.2 Å². The smallest absolute Gasteiger partial charge is 0.306 e. The standard InChI is InChI=1S/C27H36N2O4/c1-4-33-26(30)18-24(21-10-6-5-7-11-21)22-14-16-29(17-15-22)20(2)27(31)28-19-23-12-8-9-13-25(23)32-3/h5-13,20,22,24H,4,14-19H2,1-3H3,(H,28,31). The maximum Gasteiger partial charge on any atom is 0.306 e. The van der Waals surface area contributed by atoms with Crippen LogP contribution in [-0.2, 0) is 20.9 Å². The van der Waals surface area contributed by atoms with Gasteiger partial charge < -0.3 is 14.8 Å². The quantitative estimate of drug-likeness (QED) is 0.549. The Morgan fingerprint density at radius 3 is 2.39 bits per heavy atom. The lowest BCUT2D eigenvalue weighted by molar-refractivity contribution is -0.144. The van der Waals surface area contributed by atoms with Gasteiger partial charge in [0.15, 0.2) is 0 Å².